The summed E-state index contributed by atoms with van der Waals surface area (Å²) in [6.45, 7) is 8.31. The van der Waals surface area contributed by atoms with Gasteiger partial charge in [0.25, 0.3) is 0 Å². The summed E-state index contributed by atoms with van der Waals surface area (Å²) in [4.78, 5) is 14.5. The van der Waals surface area contributed by atoms with Crippen molar-refractivity contribution in [3.8, 4) is 0 Å². The summed E-state index contributed by atoms with van der Waals surface area (Å²) in [5.74, 6) is 1.73. The minimum absolute atomic E-state index is 0.000822. The quantitative estimate of drug-likeness (QED) is 0.588. The molecule has 0 bridgehead atoms. The lowest BCUT2D eigenvalue weighted by Crippen LogP contribution is -2.37. The second-order valence-electron chi connectivity index (χ2n) is 7.74. The molecule has 1 N–H and O–H groups in total. The van der Waals surface area contributed by atoms with E-state index in [0.717, 1.165) is 36.5 Å². The first-order chi connectivity index (χ1) is 13.3. The van der Waals surface area contributed by atoms with Gasteiger partial charge in [0.1, 0.15) is 11.0 Å². The fourth-order valence-corrected chi connectivity index (χ4v) is 4.01. The number of piperidine rings is 1. The van der Waals surface area contributed by atoms with Crippen LogP contribution in [0.1, 0.15) is 49.7 Å². The molecule has 0 atom stereocenters. The van der Waals surface area contributed by atoms with Gasteiger partial charge in [-0.3, -0.25) is 14.6 Å². The molecule has 3 rings (SSSR count). The van der Waals surface area contributed by atoms with Crippen LogP contribution in [0.15, 0.2) is 6.08 Å². The van der Waals surface area contributed by atoms with Crippen LogP contribution in [0.25, 0.3) is 6.08 Å². The largest absolute Gasteiger partial charge is 0.339 e. The second-order valence-corrected chi connectivity index (χ2v) is 8.49. The number of rotatable bonds is 5. The number of amides is 1. The predicted molar refractivity (Wildman–Crippen MR) is 113 cm³/mol. The van der Waals surface area contributed by atoms with Gasteiger partial charge in [-0.2, -0.15) is 10.2 Å². The molecule has 1 aliphatic rings. The Hall–Kier alpha value is -1.93. The van der Waals surface area contributed by atoms with Gasteiger partial charge in [0.2, 0.25) is 5.91 Å². The number of likely N-dealkylation sites (tertiary alicyclic amines) is 1. The molecule has 3 heterocycles. The number of halogens is 1. The first kappa shape index (κ1) is 20.8. The number of hydrogen-bond acceptors (Lipinski definition) is 4. The molecular formula is C19H27ClN6OS. The van der Waals surface area contributed by atoms with Crippen LogP contribution in [0.2, 0.25) is 5.15 Å². The highest BCUT2D eigenvalue weighted by molar-refractivity contribution is 7.71. The summed E-state index contributed by atoms with van der Waals surface area (Å²) in [5, 5.41) is 12.2. The number of hydrogen-bond donors (Lipinski definition) is 1. The van der Waals surface area contributed by atoms with Crippen molar-refractivity contribution in [1.29, 1.82) is 0 Å². The minimum Gasteiger partial charge on any atom is -0.339 e. The monoisotopic (exact) mass is 422 g/mol. The van der Waals surface area contributed by atoms with Crippen molar-refractivity contribution in [2.45, 2.75) is 46.1 Å². The van der Waals surface area contributed by atoms with Crippen LogP contribution >= 0.6 is 23.8 Å². The van der Waals surface area contributed by atoms with E-state index in [-0.39, 0.29) is 5.91 Å². The minimum atomic E-state index is 0.000822. The van der Waals surface area contributed by atoms with Crippen LogP contribution < -0.4 is 0 Å². The maximum Gasteiger partial charge on any atom is 0.246 e. The Morgan fingerprint density at radius 1 is 1.39 bits per heavy atom. The normalized spacial score (nSPS) is 15.9. The number of carbonyl (C=O) groups excluding carboxylic acids is 1. The molecule has 0 aromatic carbocycles. The van der Waals surface area contributed by atoms with E-state index in [0.29, 0.717) is 34.8 Å². The zero-order chi connectivity index (χ0) is 20.4. The van der Waals surface area contributed by atoms with E-state index in [2.05, 4.69) is 29.1 Å². The smallest absolute Gasteiger partial charge is 0.246 e. The van der Waals surface area contributed by atoms with E-state index in [9.17, 15) is 4.79 Å². The van der Waals surface area contributed by atoms with Gasteiger partial charge in [0.15, 0.2) is 4.77 Å². The number of aromatic amines is 1. The van der Waals surface area contributed by atoms with Gasteiger partial charge >= 0.3 is 0 Å². The highest BCUT2D eigenvalue weighted by Gasteiger charge is 2.25. The van der Waals surface area contributed by atoms with E-state index >= 15 is 0 Å². The predicted octanol–water partition coefficient (Wildman–Crippen LogP) is 3.71. The lowest BCUT2D eigenvalue weighted by Gasteiger charge is -2.30. The highest BCUT2D eigenvalue weighted by Crippen LogP contribution is 2.27. The number of aryl methyl sites for hydroxylation is 1. The Bertz CT molecular complexity index is 933. The summed E-state index contributed by atoms with van der Waals surface area (Å²) < 4.78 is 4.34. The summed E-state index contributed by atoms with van der Waals surface area (Å²) >= 11 is 11.6. The molecule has 1 amide bonds. The fraction of sp³-hybridized carbons (Fsp3) is 0.579. The third-order valence-corrected chi connectivity index (χ3v) is 5.89. The summed E-state index contributed by atoms with van der Waals surface area (Å²) in [6, 6.07) is 0. The zero-order valence-corrected chi connectivity index (χ0v) is 18.3. The van der Waals surface area contributed by atoms with Crippen LogP contribution in [-0.2, 0) is 18.4 Å². The highest BCUT2D eigenvalue weighted by atomic mass is 35.5. The van der Waals surface area contributed by atoms with Gasteiger partial charge in [-0.25, -0.2) is 0 Å². The molecule has 0 radical (unpaired) electrons. The molecule has 0 saturated carbocycles. The van der Waals surface area contributed by atoms with Gasteiger partial charge in [0, 0.05) is 44.2 Å². The summed E-state index contributed by atoms with van der Waals surface area (Å²) in [7, 11) is 1.92. The zero-order valence-electron chi connectivity index (χ0n) is 16.8. The third-order valence-electron chi connectivity index (χ3n) is 5.13. The standard InChI is InChI=1S/C19H27ClN6OS/c1-12(2)11-26-17(20)15(13(3)23-26)5-6-16(27)25-9-7-14(8-10-25)18-21-22-19(28)24(18)4/h5-6,12,14H,7-11H2,1-4H3,(H,22,28). The maximum absolute atomic E-state index is 12.6. The molecule has 28 heavy (non-hydrogen) atoms. The van der Waals surface area contributed by atoms with Crippen molar-refractivity contribution in [3.63, 3.8) is 0 Å². The van der Waals surface area contributed by atoms with E-state index in [1.165, 1.54) is 0 Å². The molecule has 9 heteroatoms. The molecule has 1 aliphatic heterocycles. The van der Waals surface area contributed by atoms with Crippen molar-refractivity contribution >= 4 is 35.8 Å². The Kier molecular flexibility index (Phi) is 6.40. The Labute approximate surface area is 175 Å². The molecule has 2 aromatic heterocycles. The van der Waals surface area contributed by atoms with Gasteiger partial charge in [-0.05, 0) is 44.0 Å². The van der Waals surface area contributed by atoms with Crippen molar-refractivity contribution in [3.05, 3.63) is 33.1 Å². The van der Waals surface area contributed by atoms with Crippen molar-refractivity contribution in [2.24, 2.45) is 13.0 Å². The molecule has 2 aromatic rings. The van der Waals surface area contributed by atoms with Gasteiger partial charge in [-0.15, -0.1) is 0 Å². The molecule has 1 saturated heterocycles. The van der Waals surface area contributed by atoms with E-state index in [4.69, 9.17) is 23.8 Å². The van der Waals surface area contributed by atoms with E-state index in [1.54, 1.807) is 16.8 Å². The van der Waals surface area contributed by atoms with E-state index in [1.807, 2.05) is 23.4 Å². The van der Waals surface area contributed by atoms with Crippen molar-refractivity contribution < 1.29 is 4.79 Å². The molecule has 152 valence electrons. The number of H-pyrrole nitrogens is 1. The topological polar surface area (TPSA) is 71.7 Å². The van der Waals surface area contributed by atoms with Crippen molar-refractivity contribution in [1.82, 2.24) is 29.4 Å². The molecule has 0 unspecified atom stereocenters. The average molecular weight is 423 g/mol. The number of carbonyl (C=O) groups is 1. The van der Waals surface area contributed by atoms with Crippen LogP contribution in [0.3, 0.4) is 0 Å². The number of nitrogens with one attached hydrogen (secondary N) is 1. The van der Waals surface area contributed by atoms with Crippen LogP contribution in [0.5, 0.6) is 0 Å². The summed E-state index contributed by atoms with van der Waals surface area (Å²) in [5.41, 5.74) is 1.64. The number of aromatic nitrogens is 5. The Morgan fingerprint density at radius 2 is 2.07 bits per heavy atom. The Balaban J connectivity index is 1.62. The van der Waals surface area contributed by atoms with Crippen LogP contribution in [0, 0.1) is 17.6 Å². The van der Waals surface area contributed by atoms with Gasteiger partial charge < -0.3 is 9.47 Å². The lowest BCUT2D eigenvalue weighted by atomic mass is 9.96. The SMILES string of the molecule is Cc1nn(CC(C)C)c(Cl)c1C=CC(=O)N1CCC(c2n[nH]c(=S)n2C)CC1. The number of nitrogens with zero attached hydrogens (tertiary/aromatic N) is 5. The lowest BCUT2D eigenvalue weighted by molar-refractivity contribution is -0.127. The first-order valence-electron chi connectivity index (χ1n) is 9.59. The maximum atomic E-state index is 12.6. The molecule has 0 aliphatic carbocycles. The third kappa shape index (κ3) is 4.38. The molecule has 1 fully saturated rings. The van der Waals surface area contributed by atoms with Gasteiger partial charge in [0.05, 0.1) is 5.69 Å². The van der Waals surface area contributed by atoms with Crippen molar-refractivity contribution in [2.75, 3.05) is 13.1 Å². The average Bonchev–Trinajstić information content (AvgIpc) is 3.12. The second kappa shape index (κ2) is 8.61. The Morgan fingerprint density at radius 3 is 2.64 bits per heavy atom. The summed E-state index contributed by atoms with van der Waals surface area (Å²) in [6.07, 6.45) is 5.14. The van der Waals surface area contributed by atoms with Crippen LogP contribution in [-0.4, -0.2) is 48.4 Å². The van der Waals surface area contributed by atoms with Crippen LogP contribution in [0.4, 0.5) is 0 Å². The molecule has 7 nitrogen and oxygen atoms in total. The molecular weight excluding hydrogens is 396 g/mol. The van der Waals surface area contributed by atoms with E-state index < -0.39 is 0 Å². The fourth-order valence-electron chi connectivity index (χ4n) is 3.57. The van der Waals surface area contributed by atoms with Gasteiger partial charge in [-0.1, -0.05) is 25.4 Å². The first-order valence-corrected chi connectivity index (χ1v) is 10.4. The molecule has 0 spiro atoms.